The van der Waals surface area contributed by atoms with E-state index in [0.29, 0.717) is 19.5 Å². The van der Waals surface area contributed by atoms with Crippen LogP contribution in [0.4, 0.5) is 5.69 Å². The van der Waals surface area contributed by atoms with Gasteiger partial charge in [-0.3, -0.25) is 29.2 Å². The van der Waals surface area contributed by atoms with Crippen molar-refractivity contribution in [1.29, 1.82) is 0 Å². The third-order valence-corrected chi connectivity index (χ3v) is 4.98. The molecule has 10 heteroatoms. The molecule has 3 heterocycles. The molecule has 0 radical (unpaired) electrons. The van der Waals surface area contributed by atoms with E-state index in [-0.39, 0.29) is 11.6 Å². The van der Waals surface area contributed by atoms with E-state index in [1.165, 1.54) is 22.6 Å². The molecule has 0 spiro atoms. The van der Waals surface area contributed by atoms with Crippen molar-refractivity contribution in [2.24, 2.45) is 7.05 Å². The minimum absolute atomic E-state index is 0.0345. The van der Waals surface area contributed by atoms with Gasteiger partial charge in [0.15, 0.2) is 0 Å². The number of rotatable bonds is 6. The van der Waals surface area contributed by atoms with Crippen molar-refractivity contribution in [3.63, 3.8) is 0 Å². The van der Waals surface area contributed by atoms with Gasteiger partial charge in [-0.25, -0.2) is 0 Å². The van der Waals surface area contributed by atoms with Gasteiger partial charge in [-0.1, -0.05) is 6.92 Å². The van der Waals surface area contributed by atoms with Crippen LogP contribution in [-0.2, 0) is 18.4 Å². The maximum Gasteiger partial charge on any atom is 0.307 e. The highest BCUT2D eigenvalue weighted by molar-refractivity contribution is 5.80. The smallest absolute Gasteiger partial charge is 0.307 e. The Morgan fingerprint density at radius 1 is 1.30 bits per heavy atom. The van der Waals surface area contributed by atoms with E-state index in [2.05, 4.69) is 15.1 Å². The van der Waals surface area contributed by atoms with Gasteiger partial charge in [-0.05, 0) is 13.3 Å². The van der Waals surface area contributed by atoms with Crippen molar-refractivity contribution >= 4 is 11.6 Å². The van der Waals surface area contributed by atoms with Crippen LogP contribution in [0.15, 0.2) is 18.6 Å². The average molecular weight is 375 g/mol. The van der Waals surface area contributed by atoms with Crippen LogP contribution in [0.5, 0.6) is 0 Å². The summed E-state index contributed by atoms with van der Waals surface area (Å²) in [5.41, 5.74) is 2.13. The van der Waals surface area contributed by atoms with Crippen molar-refractivity contribution in [1.82, 2.24) is 29.4 Å². The van der Waals surface area contributed by atoms with Gasteiger partial charge in [-0.15, -0.1) is 0 Å². The summed E-state index contributed by atoms with van der Waals surface area (Å²) in [7, 11) is 1.91. The zero-order chi connectivity index (χ0) is 19.6. The predicted molar refractivity (Wildman–Crippen MR) is 98.0 cm³/mol. The van der Waals surface area contributed by atoms with Gasteiger partial charge in [0, 0.05) is 51.5 Å². The SMILES string of the molecule is CCC(C(=O)N1CCN(Cc2cn(C)nc2C)CC1)n1cc([N+](=O)[O-])cn1. The highest BCUT2D eigenvalue weighted by Crippen LogP contribution is 2.20. The van der Waals surface area contributed by atoms with E-state index < -0.39 is 11.0 Å². The first kappa shape index (κ1) is 19.0. The molecule has 0 saturated carbocycles. The van der Waals surface area contributed by atoms with Crippen molar-refractivity contribution in [3.05, 3.63) is 40.0 Å². The molecule has 1 aliphatic heterocycles. The molecule has 1 fully saturated rings. The zero-order valence-corrected chi connectivity index (χ0v) is 15.9. The quantitative estimate of drug-likeness (QED) is 0.554. The number of amides is 1. The third-order valence-electron chi connectivity index (χ3n) is 4.98. The second kappa shape index (κ2) is 7.87. The first-order valence-electron chi connectivity index (χ1n) is 9.07. The molecular formula is C17H25N7O3. The molecule has 1 aliphatic rings. The first-order valence-corrected chi connectivity index (χ1v) is 9.07. The van der Waals surface area contributed by atoms with Gasteiger partial charge in [0.2, 0.25) is 5.91 Å². The Balaban J connectivity index is 1.59. The van der Waals surface area contributed by atoms with Gasteiger partial charge >= 0.3 is 5.69 Å². The average Bonchev–Trinajstić information content (AvgIpc) is 3.23. The molecule has 146 valence electrons. The van der Waals surface area contributed by atoms with Crippen LogP contribution in [-0.4, -0.2) is 66.4 Å². The van der Waals surface area contributed by atoms with Gasteiger partial charge in [0.1, 0.15) is 18.4 Å². The van der Waals surface area contributed by atoms with Crippen molar-refractivity contribution in [3.8, 4) is 0 Å². The van der Waals surface area contributed by atoms with E-state index in [4.69, 9.17) is 0 Å². The number of aromatic nitrogens is 4. The minimum Gasteiger partial charge on any atom is -0.338 e. The Labute approximate surface area is 157 Å². The molecule has 1 atom stereocenters. The van der Waals surface area contributed by atoms with Crippen LogP contribution in [0.2, 0.25) is 0 Å². The number of hydrogen-bond acceptors (Lipinski definition) is 6. The number of aryl methyl sites for hydroxylation is 2. The Hall–Kier alpha value is -2.75. The number of carbonyl (C=O) groups excluding carboxylic acids is 1. The van der Waals surface area contributed by atoms with Crippen molar-refractivity contribution in [2.45, 2.75) is 32.9 Å². The van der Waals surface area contributed by atoms with Gasteiger partial charge < -0.3 is 4.90 Å². The summed E-state index contributed by atoms with van der Waals surface area (Å²) in [6, 6.07) is -0.509. The lowest BCUT2D eigenvalue weighted by atomic mass is 10.1. The van der Waals surface area contributed by atoms with E-state index >= 15 is 0 Å². The molecule has 2 aromatic heterocycles. The van der Waals surface area contributed by atoms with E-state index in [0.717, 1.165) is 25.3 Å². The molecule has 0 aromatic carbocycles. The third kappa shape index (κ3) is 4.16. The lowest BCUT2D eigenvalue weighted by molar-refractivity contribution is -0.385. The highest BCUT2D eigenvalue weighted by atomic mass is 16.6. The molecular weight excluding hydrogens is 350 g/mol. The summed E-state index contributed by atoms with van der Waals surface area (Å²) in [4.78, 5) is 27.4. The number of carbonyl (C=O) groups is 1. The van der Waals surface area contributed by atoms with Gasteiger partial charge in [0.05, 0.1) is 10.6 Å². The fraction of sp³-hybridized carbons (Fsp3) is 0.588. The van der Waals surface area contributed by atoms with Crippen LogP contribution in [0, 0.1) is 17.0 Å². The summed E-state index contributed by atoms with van der Waals surface area (Å²) in [5.74, 6) is -0.0345. The molecule has 1 saturated heterocycles. The molecule has 2 aromatic rings. The summed E-state index contributed by atoms with van der Waals surface area (Å²) < 4.78 is 3.23. The molecule has 0 aliphatic carbocycles. The van der Waals surface area contributed by atoms with Crippen LogP contribution >= 0.6 is 0 Å². The minimum atomic E-state index is -0.509. The summed E-state index contributed by atoms with van der Waals surface area (Å²) in [5, 5.41) is 19.2. The van der Waals surface area contributed by atoms with Crippen molar-refractivity contribution < 1.29 is 9.72 Å². The fourth-order valence-electron chi connectivity index (χ4n) is 3.45. The molecule has 3 rings (SSSR count). The predicted octanol–water partition coefficient (Wildman–Crippen LogP) is 1.13. The van der Waals surface area contributed by atoms with Crippen LogP contribution in [0.1, 0.15) is 30.6 Å². The van der Waals surface area contributed by atoms with Crippen LogP contribution in [0.3, 0.4) is 0 Å². The van der Waals surface area contributed by atoms with E-state index in [1.54, 1.807) is 0 Å². The lowest BCUT2D eigenvalue weighted by Crippen LogP contribution is -2.50. The Morgan fingerprint density at radius 2 is 2.00 bits per heavy atom. The Kier molecular flexibility index (Phi) is 5.54. The molecule has 1 unspecified atom stereocenters. The summed E-state index contributed by atoms with van der Waals surface area (Å²) in [6.45, 7) is 7.56. The molecule has 0 bridgehead atoms. The monoisotopic (exact) mass is 375 g/mol. The summed E-state index contributed by atoms with van der Waals surface area (Å²) >= 11 is 0. The van der Waals surface area contributed by atoms with Crippen molar-refractivity contribution in [2.75, 3.05) is 26.2 Å². The van der Waals surface area contributed by atoms with Gasteiger partial charge in [0.25, 0.3) is 0 Å². The normalized spacial score (nSPS) is 16.5. The highest BCUT2D eigenvalue weighted by Gasteiger charge is 2.29. The topological polar surface area (TPSA) is 102 Å². The lowest BCUT2D eigenvalue weighted by Gasteiger charge is -2.36. The van der Waals surface area contributed by atoms with Gasteiger partial charge in [-0.2, -0.15) is 10.2 Å². The molecule has 27 heavy (non-hydrogen) atoms. The number of piperazine rings is 1. The Bertz CT molecular complexity index is 820. The second-order valence-electron chi connectivity index (χ2n) is 6.87. The number of hydrogen-bond donors (Lipinski definition) is 0. The standard InChI is InChI=1S/C17H25N7O3/c1-4-16(23-12-15(9-18-23)24(26)27)17(25)22-7-5-21(6-8-22)11-14-10-20(3)19-13(14)2/h9-10,12,16H,4-8,11H2,1-3H3. The fourth-order valence-corrected chi connectivity index (χ4v) is 3.45. The molecule has 0 N–H and O–H groups in total. The zero-order valence-electron chi connectivity index (χ0n) is 15.9. The Morgan fingerprint density at radius 3 is 2.52 bits per heavy atom. The van der Waals surface area contributed by atoms with Crippen LogP contribution in [0.25, 0.3) is 0 Å². The van der Waals surface area contributed by atoms with E-state index in [9.17, 15) is 14.9 Å². The first-order chi connectivity index (χ1) is 12.9. The maximum atomic E-state index is 12.9. The molecule has 1 amide bonds. The number of nitro groups is 1. The largest absolute Gasteiger partial charge is 0.338 e. The number of nitrogens with zero attached hydrogens (tertiary/aromatic N) is 7. The maximum absolute atomic E-state index is 12.9. The second-order valence-corrected chi connectivity index (χ2v) is 6.87. The molecule has 10 nitrogen and oxygen atoms in total. The van der Waals surface area contributed by atoms with E-state index in [1.807, 2.05) is 36.7 Å². The van der Waals surface area contributed by atoms with Crippen LogP contribution < -0.4 is 0 Å². The summed E-state index contributed by atoms with van der Waals surface area (Å²) in [6.07, 6.45) is 5.08.